The Hall–Kier alpha value is -2.67. The van der Waals surface area contributed by atoms with Gasteiger partial charge in [0, 0.05) is 24.7 Å². The highest BCUT2D eigenvalue weighted by atomic mass is 79.9. The van der Waals surface area contributed by atoms with Crippen LogP contribution in [-0.4, -0.2) is 14.7 Å². The van der Waals surface area contributed by atoms with Gasteiger partial charge in [-0.3, -0.25) is 14.8 Å². The van der Waals surface area contributed by atoms with Crippen molar-refractivity contribution in [2.45, 2.75) is 6.61 Å². The van der Waals surface area contributed by atoms with Gasteiger partial charge >= 0.3 is 0 Å². The molecule has 0 amide bonds. The van der Waals surface area contributed by atoms with Crippen LogP contribution < -0.4 is 4.74 Å². The fraction of sp³-hybridized carbons (Fsp3) is 0.118. The lowest BCUT2D eigenvalue weighted by molar-refractivity contribution is -0.384. The first-order chi connectivity index (χ1) is 11.6. The van der Waals surface area contributed by atoms with E-state index in [1.54, 1.807) is 24.0 Å². The number of aromatic nitrogens is 2. The highest BCUT2D eigenvalue weighted by Crippen LogP contribution is 2.37. The minimum Gasteiger partial charge on any atom is -0.488 e. The van der Waals surface area contributed by atoms with Crippen LogP contribution in [0.4, 0.5) is 5.69 Å². The first-order valence-corrected chi connectivity index (χ1v) is 7.98. The van der Waals surface area contributed by atoms with E-state index in [9.17, 15) is 10.1 Å². The highest BCUT2D eigenvalue weighted by molar-refractivity contribution is 9.10. The Balaban J connectivity index is 2.00. The van der Waals surface area contributed by atoms with Crippen LogP contribution in [0.3, 0.4) is 0 Å². The van der Waals surface area contributed by atoms with Crippen molar-refractivity contribution in [3.8, 4) is 17.0 Å². The van der Waals surface area contributed by atoms with E-state index < -0.39 is 4.92 Å². The zero-order chi connectivity index (χ0) is 17.1. The van der Waals surface area contributed by atoms with Crippen molar-refractivity contribution >= 4 is 21.6 Å². The summed E-state index contributed by atoms with van der Waals surface area (Å²) < 4.78 is 8.30. The Morgan fingerprint density at radius 3 is 2.62 bits per heavy atom. The second kappa shape index (κ2) is 6.84. The summed E-state index contributed by atoms with van der Waals surface area (Å²) >= 11 is 3.44. The van der Waals surface area contributed by atoms with Crippen LogP contribution in [0.2, 0.25) is 0 Å². The molecule has 0 bridgehead atoms. The molecule has 0 N–H and O–H groups in total. The second-order valence-electron chi connectivity index (χ2n) is 5.18. The van der Waals surface area contributed by atoms with E-state index >= 15 is 0 Å². The number of nitro groups is 1. The molecule has 122 valence electrons. The number of nitrogens with zero attached hydrogens (tertiary/aromatic N) is 3. The van der Waals surface area contributed by atoms with E-state index in [0.717, 1.165) is 15.7 Å². The number of ether oxygens (including phenoxy) is 1. The van der Waals surface area contributed by atoms with Crippen molar-refractivity contribution in [1.82, 2.24) is 9.78 Å². The first kappa shape index (κ1) is 16.2. The maximum Gasteiger partial charge on any atom is 0.270 e. The molecular weight excluding hydrogens is 374 g/mol. The van der Waals surface area contributed by atoms with Gasteiger partial charge in [-0.25, -0.2) is 0 Å². The Bertz CT molecular complexity index is 859. The summed E-state index contributed by atoms with van der Waals surface area (Å²) in [6.45, 7) is 0.376. The number of benzene rings is 2. The minimum absolute atomic E-state index is 0.00478. The second-order valence-corrected chi connectivity index (χ2v) is 6.03. The van der Waals surface area contributed by atoms with Gasteiger partial charge in [0.1, 0.15) is 12.4 Å². The molecule has 0 spiro atoms. The van der Waals surface area contributed by atoms with Crippen molar-refractivity contribution in [2.75, 3.05) is 0 Å². The van der Waals surface area contributed by atoms with Crippen molar-refractivity contribution in [2.24, 2.45) is 7.05 Å². The van der Waals surface area contributed by atoms with Crippen molar-refractivity contribution < 1.29 is 9.66 Å². The molecular formula is C17H14BrN3O3. The summed E-state index contributed by atoms with van der Waals surface area (Å²) in [6, 6.07) is 14.3. The zero-order valence-electron chi connectivity index (χ0n) is 12.8. The molecule has 3 aromatic rings. The lowest BCUT2D eigenvalue weighted by Crippen LogP contribution is -2.01. The molecule has 7 heteroatoms. The highest BCUT2D eigenvalue weighted by Gasteiger charge is 2.18. The van der Waals surface area contributed by atoms with Crippen LogP contribution in [0.25, 0.3) is 11.3 Å². The minimum atomic E-state index is -0.422. The van der Waals surface area contributed by atoms with Crippen molar-refractivity contribution in [1.29, 1.82) is 0 Å². The smallest absolute Gasteiger partial charge is 0.270 e. The third-order valence-electron chi connectivity index (χ3n) is 3.56. The predicted molar refractivity (Wildman–Crippen MR) is 93.8 cm³/mol. The van der Waals surface area contributed by atoms with Crippen molar-refractivity contribution in [3.05, 3.63) is 74.9 Å². The van der Waals surface area contributed by atoms with Gasteiger partial charge in [-0.05, 0) is 27.6 Å². The van der Waals surface area contributed by atoms with E-state index in [1.165, 1.54) is 12.1 Å². The standard InChI is InChI=1S/C17H14BrN3O3/c1-20-17(15(18)10-19-20)14-9-13(21(22)23)7-8-16(14)24-11-12-5-3-2-4-6-12/h2-10H,11H2,1H3. The Kier molecular flexibility index (Phi) is 4.61. The predicted octanol–water partition coefficient (Wildman–Crippen LogP) is 4.34. The van der Waals surface area contributed by atoms with E-state index in [-0.39, 0.29) is 5.69 Å². The van der Waals surface area contributed by atoms with E-state index in [0.29, 0.717) is 17.9 Å². The molecule has 0 aliphatic carbocycles. The molecule has 1 heterocycles. The SMILES string of the molecule is Cn1ncc(Br)c1-c1cc([N+](=O)[O-])ccc1OCc1ccccc1. The fourth-order valence-electron chi connectivity index (χ4n) is 2.39. The van der Waals surface area contributed by atoms with Crippen LogP contribution in [0.1, 0.15) is 5.56 Å². The van der Waals surface area contributed by atoms with Gasteiger partial charge < -0.3 is 4.74 Å². The average molecular weight is 388 g/mol. The van der Waals surface area contributed by atoms with Crippen LogP contribution in [0.15, 0.2) is 59.2 Å². The summed E-state index contributed by atoms with van der Waals surface area (Å²) in [5.41, 5.74) is 2.37. The number of halogens is 1. The molecule has 1 aromatic heterocycles. The molecule has 2 aromatic carbocycles. The van der Waals surface area contributed by atoms with Crippen molar-refractivity contribution in [3.63, 3.8) is 0 Å². The largest absolute Gasteiger partial charge is 0.488 e. The van der Waals surface area contributed by atoms with Crippen LogP contribution in [0.5, 0.6) is 5.75 Å². The molecule has 3 rings (SSSR count). The van der Waals surface area contributed by atoms with Gasteiger partial charge in [0.2, 0.25) is 0 Å². The van der Waals surface area contributed by atoms with Crippen LogP contribution in [0, 0.1) is 10.1 Å². The first-order valence-electron chi connectivity index (χ1n) is 7.19. The van der Waals surface area contributed by atoms with Crippen LogP contribution in [-0.2, 0) is 13.7 Å². The maximum atomic E-state index is 11.1. The van der Waals surface area contributed by atoms with Gasteiger partial charge in [-0.2, -0.15) is 5.10 Å². The Labute approximate surface area is 147 Å². The van der Waals surface area contributed by atoms with E-state index in [4.69, 9.17) is 4.74 Å². The van der Waals surface area contributed by atoms with Gasteiger partial charge in [0.15, 0.2) is 0 Å². The molecule has 0 aliphatic heterocycles. The molecule has 0 radical (unpaired) electrons. The third kappa shape index (κ3) is 3.30. The molecule has 0 aliphatic rings. The van der Waals surface area contributed by atoms with E-state index in [1.807, 2.05) is 30.3 Å². The summed E-state index contributed by atoms with van der Waals surface area (Å²) in [5, 5.41) is 15.3. The topological polar surface area (TPSA) is 70.2 Å². The molecule has 0 fully saturated rings. The molecule has 0 saturated carbocycles. The maximum absolute atomic E-state index is 11.1. The van der Waals surface area contributed by atoms with Gasteiger partial charge in [-0.15, -0.1) is 0 Å². The quantitative estimate of drug-likeness (QED) is 0.482. The number of non-ortho nitro benzene ring substituents is 1. The number of nitro benzene ring substituents is 1. The number of hydrogen-bond acceptors (Lipinski definition) is 4. The monoisotopic (exact) mass is 387 g/mol. The lowest BCUT2D eigenvalue weighted by Gasteiger charge is -2.12. The average Bonchev–Trinajstić information content (AvgIpc) is 2.92. The summed E-state index contributed by atoms with van der Waals surface area (Å²) in [7, 11) is 1.78. The Morgan fingerprint density at radius 2 is 2.00 bits per heavy atom. The number of aryl methyl sites for hydroxylation is 1. The lowest BCUT2D eigenvalue weighted by atomic mass is 10.1. The van der Waals surface area contributed by atoms with E-state index in [2.05, 4.69) is 21.0 Å². The summed E-state index contributed by atoms with van der Waals surface area (Å²) in [4.78, 5) is 10.7. The molecule has 0 unspecified atom stereocenters. The Morgan fingerprint density at radius 1 is 1.25 bits per heavy atom. The molecule has 6 nitrogen and oxygen atoms in total. The van der Waals surface area contributed by atoms with Crippen LogP contribution >= 0.6 is 15.9 Å². The third-order valence-corrected chi connectivity index (χ3v) is 4.14. The molecule has 0 saturated heterocycles. The zero-order valence-corrected chi connectivity index (χ0v) is 14.4. The molecule has 0 atom stereocenters. The van der Waals surface area contributed by atoms with Gasteiger partial charge in [-0.1, -0.05) is 30.3 Å². The van der Waals surface area contributed by atoms with Gasteiger partial charge in [0.25, 0.3) is 5.69 Å². The molecule has 24 heavy (non-hydrogen) atoms. The fourth-order valence-corrected chi connectivity index (χ4v) is 2.95. The summed E-state index contributed by atoms with van der Waals surface area (Å²) in [6.07, 6.45) is 1.65. The van der Waals surface area contributed by atoms with Gasteiger partial charge in [0.05, 0.1) is 21.3 Å². The number of hydrogen-bond donors (Lipinski definition) is 0. The normalized spacial score (nSPS) is 10.6. The summed E-state index contributed by atoms with van der Waals surface area (Å²) in [5.74, 6) is 0.564. The number of rotatable bonds is 5.